The Morgan fingerprint density at radius 3 is 2.76 bits per heavy atom. The molecular weight excluding hydrogens is 270 g/mol. The van der Waals surface area contributed by atoms with Crippen molar-refractivity contribution in [2.45, 2.75) is 31.8 Å². The second-order valence-corrected chi connectivity index (χ2v) is 5.87. The molecule has 0 atom stereocenters. The van der Waals surface area contributed by atoms with E-state index in [4.69, 9.17) is 9.84 Å². The van der Waals surface area contributed by atoms with Crippen molar-refractivity contribution < 1.29 is 14.6 Å². The third kappa shape index (κ3) is 5.90. The number of piperidine rings is 1. The van der Waals surface area contributed by atoms with Gasteiger partial charge in [-0.1, -0.05) is 0 Å². The quantitative estimate of drug-likeness (QED) is 0.703. The van der Waals surface area contributed by atoms with Gasteiger partial charge in [0.05, 0.1) is 25.7 Å². The minimum absolute atomic E-state index is 0.192. The van der Waals surface area contributed by atoms with Crippen LogP contribution in [0.3, 0.4) is 0 Å². The highest BCUT2D eigenvalue weighted by molar-refractivity contribution is 5.76. The Hall–Kier alpha value is -0.690. The molecule has 0 radical (unpaired) electrons. The molecule has 0 saturated carbocycles. The highest BCUT2D eigenvalue weighted by Crippen LogP contribution is 2.09. The van der Waals surface area contributed by atoms with E-state index < -0.39 is 0 Å². The number of nitrogens with one attached hydrogen (secondary N) is 1. The number of nitrogens with zero attached hydrogens (tertiary/aromatic N) is 2. The number of amides is 1. The van der Waals surface area contributed by atoms with Crippen molar-refractivity contribution in [1.29, 1.82) is 0 Å². The SMILES string of the molecule is O=C(CCOC1CCNCC1)N1CCCN(CCO)CC1. The van der Waals surface area contributed by atoms with Gasteiger partial charge in [0.25, 0.3) is 0 Å². The maximum absolute atomic E-state index is 12.2. The average molecular weight is 299 g/mol. The van der Waals surface area contributed by atoms with Crippen LogP contribution in [0.2, 0.25) is 0 Å². The van der Waals surface area contributed by atoms with Crippen molar-refractivity contribution in [3.05, 3.63) is 0 Å². The normalized spacial score (nSPS) is 22.2. The number of hydrogen-bond donors (Lipinski definition) is 2. The van der Waals surface area contributed by atoms with Crippen LogP contribution >= 0.6 is 0 Å². The fourth-order valence-corrected chi connectivity index (χ4v) is 3.02. The third-order valence-electron chi connectivity index (χ3n) is 4.31. The number of aliphatic hydroxyl groups is 1. The Kier molecular flexibility index (Phi) is 7.43. The average Bonchev–Trinajstić information content (AvgIpc) is 2.74. The van der Waals surface area contributed by atoms with Crippen LogP contribution < -0.4 is 5.32 Å². The maximum Gasteiger partial charge on any atom is 0.224 e. The monoisotopic (exact) mass is 299 g/mol. The molecule has 2 fully saturated rings. The van der Waals surface area contributed by atoms with Crippen LogP contribution in [0, 0.1) is 0 Å². The first-order valence-electron chi connectivity index (χ1n) is 8.23. The summed E-state index contributed by atoms with van der Waals surface area (Å²) in [4.78, 5) is 16.4. The Labute approximate surface area is 127 Å². The minimum atomic E-state index is 0.192. The summed E-state index contributed by atoms with van der Waals surface area (Å²) in [7, 11) is 0. The molecule has 0 aromatic rings. The Balaban J connectivity index is 1.63. The minimum Gasteiger partial charge on any atom is -0.395 e. The summed E-state index contributed by atoms with van der Waals surface area (Å²) < 4.78 is 5.80. The zero-order valence-corrected chi connectivity index (χ0v) is 12.9. The number of ether oxygens (including phenoxy) is 1. The van der Waals surface area contributed by atoms with Gasteiger partial charge in [0, 0.05) is 26.2 Å². The third-order valence-corrected chi connectivity index (χ3v) is 4.31. The number of carbonyl (C=O) groups is 1. The number of aliphatic hydroxyl groups excluding tert-OH is 1. The van der Waals surface area contributed by atoms with E-state index >= 15 is 0 Å². The maximum atomic E-state index is 12.2. The molecule has 2 rings (SSSR count). The van der Waals surface area contributed by atoms with Gasteiger partial charge in [0.1, 0.15) is 0 Å². The van der Waals surface area contributed by atoms with E-state index in [2.05, 4.69) is 10.2 Å². The molecule has 0 unspecified atom stereocenters. The number of hydrogen-bond acceptors (Lipinski definition) is 5. The highest BCUT2D eigenvalue weighted by atomic mass is 16.5. The summed E-state index contributed by atoms with van der Waals surface area (Å²) in [6, 6.07) is 0. The highest BCUT2D eigenvalue weighted by Gasteiger charge is 2.19. The lowest BCUT2D eigenvalue weighted by Crippen LogP contribution is -2.37. The first-order chi connectivity index (χ1) is 10.3. The van der Waals surface area contributed by atoms with Gasteiger partial charge < -0.3 is 20.1 Å². The molecule has 1 amide bonds. The van der Waals surface area contributed by atoms with Crippen LogP contribution in [0.1, 0.15) is 25.7 Å². The van der Waals surface area contributed by atoms with Gasteiger partial charge in [0.15, 0.2) is 0 Å². The Bertz CT molecular complexity index is 309. The van der Waals surface area contributed by atoms with Crippen molar-refractivity contribution in [2.75, 3.05) is 59.0 Å². The van der Waals surface area contributed by atoms with E-state index in [1.165, 1.54) is 0 Å². The smallest absolute Gasteiger partial charge is 0.224 e. The molecule has 2 aliphatic rings. The zero-order chi connectivity index (χ0) is 14.9. The fourth-order valence-electron chi connectivity index (χ4n) is 3.02. The molecule has 2 N–H and O–H groups in total. The summed E-state index contributed by atoms with van der Waals surface area (Å²) >= 11 is 0. The largest absolute Gasteiger partial charge is 0.395 e. The predicted octanol–water partition coefficient (Wildman–Crippen LogP) is -0.328. The fraction of sp³-hybridized carbons (Fsp3) is 0.933. The molecule has 0 aromatic carbocycles. The van der Waals surface area contributed by atoms with Gasteiger partial charge in [-0.2, -0.15) is 0 Å². The Morgan fingerprint density at radius 1 is 1.19 bits per heavy atom. The molecule has 0 aliphatic carbocycles. The summed E-state index contributed by atoms with van der Waals surface area (Å²) in [5.74, 6) is 0.204. The first-order valence-corrected chi connectivity index (χ1v) is 8.23. The molecule has 2 aliphatic heterocycles. The van der Waals surface area contributed by atoms with Crippen LogP contribution in [0.25, 0.3) is 0 Å². The van der Waals surface area contributed by atoms with Crippen molar-refractivity contribution in [3.63, 3.8) is 0 Å². The van der Waals surface area contributed by atoms with Crippen molar-refractivity contribution in [3.8, 4) is 0 Å². The van der Waals surface area contributed by atoms with E-state index in [0.717, 1.165) is 58.5 Å². The standard InChI is InChI=1S/C15H29N3O3/c19-12-11-17-7-1-8-18(10-9-17)15(20)4-13-21-14-2-5-16-6-3-14/h14,16,19H,1-13H2. The van der Waals surface area contributed by atoms with Crippen LogP contribution in [0.15, 0.2) is 0 Å². The second-order valence-electron chi connectivity index (χ2n) is 5.87. The summed E-state index contributed by atoms with van der Waals surface area (Å²) in [5, 5.41) is 12.3. The van der Waals surface area contributed by atoms with E-state index in [9.17, 15) is 4.79 Å². The Morgan fingerprint density at radius 2 is 2.00 bits per heavy atom. The molecular formula is C15H29N3O3. The lowest BCUT2D eigenvalue weighted by molar-refractivity contribution is -0.132. The van der Waals surface area contributed by atoms with Gasteiger partial charge in [-0.25, -0.2) is 0 Å². The van der Waals surface area contributed by atoms with Crippen LogP contribution in [-0.2, 0) is 9.53 Å². The van der Waals surface area contributed by atoms with Crippen LogP contribution in [0.5, 0.6) is 0 Å². The first kappa shape index (κ1) is 16.7. The lowest BCUT2D eigenvalue weighted by atomic mass is 10.1. The van der Waals surface area contributed by atoms with Gasteiger partial charge in [-0.15, -0.1) is 0 Å². The van der Waals surface area contributed by atoms with E-state index in [1.54, 1.807) is 0 Å². The van der Waals surface area contributed by atoms with Gasteiger partial charge in [-0.3, -0.25) is 9.69 Å². The van der Waals surface area contributed by atoms with Crippen molar-refractivity contribution in [1.82, 2.24) is 15.1 Å². The van der Waals surface area contributed by atoms with E-state index in [0.29, 0.717) is 25.7 Å². The topological polar surface area (TPSA) is 65.0 Å². The molecule has 2 heterocycles. The number of carbonyl (C=O) groups excluding carboxylic acids is 1. The molecule has 6 nitrogen and oxygen atoms in total. The molecule has 6 heteroatoms. The van der Waals surface area contributed by atoms with E-state index in [-0.39, 0.29) is 12.5 Å². The van der Waals surface area contributed by atoms with Crippen LogP contribution in [0.4, 0.5) is 0 Å². The number of rotatable bonds is 6. The molecule has 0 bridgehead atoms. The summed E-state index contributed by atoms with van der Waals surface area (Å²) in [6.45, 7) is 6.91. The summed E-state index contributed by atoms with van der Waals surface area (Å²) in [5.41, 5.74) is 0. The van der Waals surface area contributed by atoms with Crippen molar-refractivity contribution in [2.24, 2.45) is 0 Å². The van der Waals surface area contributed by atoms with Crippen LogP contribution in [-0.4, -0.2) is 85.9 Å². The van der Waals surface area contributed by atoms with Gasteiger partial charge in [-0.05, 0) is 38.9 Å². The zero-order valence-electron chi connectivity index (χ0n) is 12.9. The second kappa shape index (κ2) is 9.35. The molecule has 21 heavy (non-hydrogen) atoms. The molecule has 122 valence electrons. The molecule has 2 saturated heterocycles. The molecule has 0 spiro atoms. The molecule has 0 aromatic heterocycles. The number of β-amino-alcohol motifs (C(OH)–C–C–N with tert-alkyl or cyclic N) is 1. The van der Waals surface area contributed by atoms with Gasteiger partial charge in [0.2, 0.25) is 5.91 Å². The predicted molar refractivity (Wildman–Crippen MR) is 81.2 cm³/mol. The van der Waals surface area contributed by atoms with E-state index in [1.807, 2.05) is 4.90 Å². The lowest BCUT2D eigenvalue weighted by Gasteiger charge is -2.24. The van der Waals surface area contributed by atoms with Gasteiger partial charge >= 0.3 is 0 Å². The van der Waals surface area contributed by atoms with Crippen molar-refractivity contribution >= 4 is 5.91 Å². The summed E-state index contributed by atoms with van der Waals surface area (Å²) in [6.07, 6.45) is 3.90.